The van der Waals surface area contributed by atoms with Crippen LogP contribution in [0.1, 0.15) is 12.8 Å². The van der Waals surface area contributed by atoms with Crippen LogP contribution in [0.4, 0.5) is 5.95 Å². The van der Waals surface area contributed by atoms with E-state index in [0.717, 1.165) is 0 Å². The highest BCUT2D eigenvalue weighted by Crippen LogP contribution is 2.21. The Morgan fingerprint density at radius 1 is 1.43 bits per heavy atom. The maximum absolute atomic E-state index is 11.5. The summed E-state index contributed by atoms with van der Waals surface area (Å²) in [7, 11) is -2.96. The van der Waals surface area contributed by atoms with Gasteiger partial charge in [-0.25, -0.2) is 18.4 Å². The van der Waals surface area contributed by atoms with Crippen LogP contribution in [0.3, 0.4) is 0 Å². The van der Waals surface area contributed by atoms with Gasteiger partial charge >= 0.3 is 0 Å². The van der Waals surface area contributed by atoms with Crippen molar-refractivity contribution in [3.05, 3.63) is 25.0 Å². The molecule has 0 radical (unpaired) electrons. The lowest BCUT2D eigenvalue weighted by Gasteiger charge is -2.30. The van der Waals surface area contributed by atoms with Crippen LogP contribution >= 0.6 is 12.4 Å². The molecule has 1 aromatic rings. The van der Waals surface area contributed by atoms with E-state index in [4.69, 9.17) is 10.5 Å². The van der Waals surface area contributed by atoms with E-state index in [1.807, 2.05) is 4.90 Å². The zero-order valence-corrected chi connectivity index (χ0v) is 14.7. The molecule has 1 fully saturated rings. The number of halogens is 1. The first-order chi connectivity index (χ1) is 10.4. The van der Waals surface area contributed by atoms with Crippen LogP contribution in [0, 0.1) is 0 Å². The summed E-state index contributed by atoms with van der Waals surface area (Å²) in [6.45, 7) is 5.19. The minimum atomic E-state index is -2.96. The van der Waals surface area contributed by atoms with Gasteiger partial charge in [0.05, 0.1) is 23.7 Å². The van der Waals surface area contributed by atoms with Crippen LogP contribution in [0.2, 0.25) is 0 Å². The summed E-state index contributed by atoms with van der Waals surface area (Å²) < 4.78 is 28.5. The van der Waals surface area contributed by atoms with Crippen molar-refractivity contribution in [1.29, 1.82) is 0 Å². The minimum absolute atomic E-state index is 0. The Morgan fingerprint density at radius 3 is 2.48 bits per heavy atom. The van der Waals surface area contributed by atoms with Crippen molar-refractivity contribution >= 4 is 28.2 Å². The Bertz CT molecular complexity index is 601. The van der Waals surface area contributed by atoms with Gasteiger partial charge in [0, 0.05) is 19.3 Å². The average molecular weight is 363 g/mol. The largest absolute Gasteiger partial charge is 0.488 e. The van der Waals surface area contributed by atoms with E-state index < -0.39 is 9.84 Å². The van der Waals surface area contributed by atoms with Gasteiger partial charge in [0.2, 0.25) is 5.95 Å². The van der Waals surface area contributed by atoms with Crippen LogP contribution in [0.5, 0.6) is 5.75 Å². The van der Waals surface area contributed by atoms with Crippen molar-refractivity contribution in [3.63, 3.8) is 0 Å². The SMILES string of the molecule is C=CC(N)COc1cnc(N2CCC(S(C)(=O)=O)CC2)nc1.Cl. The molecule has 2 rings (SSSR count). The minimum Gasteiger partial charge on any atom is -0.488 e. The third-order valence-electron chi connectivity index (χ3n) is 3.69. The average Bonchev–Trinajstić information content (AvgIpc) is 2.52. The summed E-state index contributed by atoms with van der Waals surface area (Å²) in [5.41, 5.74) is 5.67. The zero-order chi connectivity index (χ0) is 16.2. The zero-order valence-electron chi connectivity index (χ0n) is 13.1. The van der Waals surface area contributed by atoms with Crippen LogP contribution in [0.25, 0.3) is 0 Å². The topological polar surface area (TPSA) is 98.4 Å². The van der Waals surface area contributed by atoms with Crippen molar-refractivity contribution < 1.29 is 13.2 Å². The molecule has 0 aliphatic carbocycles. The molecule has 2 N–H and O–H groups in total. The molecule has 1 unspecified atom stereocenters. The second-order valence-electron chi connectivity index (χ2n) is 5.45. The molecular formula is C14H23ClN4O3S. The number of anilines is 1. The molecule has 1 saturated heterocycles. The smallest absolute Gasteiger partial charge is 0.225 e. The third kappa shape index (κ3) is 5.63. The predicted octanol–water partition coefficient (Wildman–Crippen LogP) is 0.804. The van der Waals surface area contributed by atoms with Crippen molar-refractivity contribution in [2.45, 2.75) is 24.1 Å². The second-order valence-corrected chi connectivity index (χ2v) is 7.77. The van der Waals surface area contributed by atoms with Gasteiger partial charge in [0.1, 0.15) is 16.4 Å². The van der Waals surface area contributed by atoms with Gasteiger partial charge in [-0.2, -0.15) is 0 Å². The number of hydrogen-bond acceptors (Lipinski definition) is 7. The van der Waals surface area contributed by atoms with Crippen molar-refractivity contribution in [1.82, 2.24) is 9.97 Å². The number of sulfone groups is 1. The van der Waals surface area contributed by atoms with E-state index in [2.05, 4.69) is 16.5 Å². The second kappa shape index (κ2) is 8.47. The van der Waals surface area contributed by atoms with E-state index in [9.17, 15) is 8.42 Å². The van der Waals surface area contributed by atoms with Gasteiger partial charge in [-0.15, -0.1) is 19.0 Å². The molecule has 2 heterocycles. The van der Waals surface area contributed by atoms with E-state index in [0.29, 0.717) is 44.2 Å². The lowest BCUT2D eigenvalue weighted by atomic mass is 10.1. The molecule has 1 aliphatic rings. The molecular weight excluding hydrogens is 340 g/mol. The Labute approximate surface area is 143 Å². The normalized spacial score (nSPS) is 17.2. The lowest BCUT2D eigenvalue weighted by Crippen LogP contribution is -2.39. The Kier molecular flexibility index (Phi) is 7.24. The summed E-state index contributed by atoms with van der Waals surface area (Å²) in [6.07, 6.45) is 7.32. The predicted molar refractivity (Wildman–Crippen MR) is 93.0 cm³/mol. The van der Waals surface area contributed by atoms with Crippen LogP contribution in [-0.4, -0.2) is 55.6 Å². The molecule has 9 heteroatoms. The monoisotopic (exact) mass is 362 g/mol. The standard InChI is InChI=1S/C14H22N4O3S.ClH/c1-3-11(15)10-21-12-8-16-14(17-9-12)18-6-4-13(5-7-18)22(2,19)20;/h3,8-9,11,13H,1,4-7,10,15H2,2H3;1H. The molecule has 1 aliphatic heterocycles. The van der Waals surface area contributed by atoms with Crippen LogP contribution < -0.4 is 15.4 Å². The molecule has 0 spiro atoms. The van der Waals surface area contributed by atoms with Gasteiger partial charge in [0.15, 0.2) is 5.75 Å². The molecule has 1 atom stereocenters. The molecule has 130 valence electrons. The van der Waals surface area contributed by atoms with Gasteiger partial charge in [-0.3, -0.25) is 0 Å². The number of piperidine rings is 1. The molecule has 0 amide bonds. The maximum Gasteiger partial charge on any atom is 0.225 e. The number of hydrogen-bond donors (Lipinski definition) is 1. The first kappa shape index (κ1) is 19.7. The summed E-state index contributed by atoms with van der Waals surface area (Å²) in [4.78, 5) is 10.5. The van der Waals surface area contributed by atoms with Crippen molar-refractivity contribution in [3.8, 4) is 5.75 Å². The van der Waals surface area contributed by atoms with Gasteiger partial charge < -0.3 is 15.4 Å². The van der Waals surface area contributed by atoms with E-state index in [1.165, 1.54) is 6.26 Å². The van der Waals surface area contributed by atoms with E-state index in [-0.39, 0.29) is 23.7 Å². The third-order valence-corrected chi connectivity index (χ3v) is 5.37. The summed E-state index contributed by atoms with van der Waals surface area (Å²) in [5, 5.41) is -0.258. The summed E-state index contributed by atoms with van der Waals surface area (Å²) >= 11 is 0. The highest BCUT2D eigenvalue weighted by Gasteiger charge is 2.27. The fourth-order valence-electron chi connectivity index (χ4n) is 2.29. The van der Waals surface area contributed by atoms with Crippen LogP contribution in [0.15, 0.2) is 25.0 Å². The van der Waals surface area contributed by atoms with Gasteiger partial charge in [-0.05, 0) is 12.8 Å². The highest BCUT2D eigenvalue weighted by molar-refractivity contribution is 7.91. The Balaban J connectivity index is 0.00000264. The first-order valence-corrected chi connectivity index (χ1v) is 9.12. The lowest BCUT2D eigenvalue weighted by molar-refractivity contribution is 0.304. The number of nitrogens with zero attached hydrogens (tertiary/aromatic N) is 3. The maximum atomic E-state index is 11.5. The molecule has 7 nitrogen and oxygen atoms in total. The quantitative estimate of drug-likeness (QED) is 0.747. The Hall–Kier alpha value is -1.38. The number of nitrogens with two attached hydrogens (primary N) is 1. The Morgan fingerprint density at radius 2 is 2.00 bits per heavy atom. The number of rotatable bonds is 6. The fourth-order valence-corrected chi connectivity index (χ4v) is 3.36. The molecule has 0 saturated carbocycles. The van der Waals surface area contributed by atoms with E-state index in [1.54, 1.807) is 18.5 Å². The molecule has 0 aromatic carbocycles. The summed E-state index contributed by atoms with van der Waals surface area (Å²) in [5.74, 6) is 1.14. The summed E-state index contributed by atoms with van der Waals surface area (Å²) in [6, 6.07) is -0.227. The number of ether oxygens (including phenoxy) is 1. The molecule has 0 bridgehead atoms. The first-order valence-electron chi connectivity index (χ1n) is 7.17. The van der Waals surface area contributed by atoms with Crippen molar-refractivity contribution in [2.24, 2.45) is 5.73 Å². The van der Waals surface area contributed by atoms with Crippen LogP contribution in [-0.2, 0) is 9.84 Å². The molecule has 23 heavy (non-hydrogen) atoms. The van der Waals surface area contributed by atoms with Gasteiger partial charge in [0.25, 0.3) is 0 Å². The molecule has 1 aromatic heterocycles. The van der Waals surface area contributed by atoms with Gasteiger partial charge in [-0.1, -0.05) is 6.08 Å². The number of aromatic nitrogens is 2. The van der Waals surface area contributed by atoms with E-state index >= 15 is 0 Å². The fraction of sp³-hybridized carbons (Fsp3) is 0.571. The highest BCUT2D eigenvalue weighted by atomic mass is 35.5. The van der Waals surface area contributed by atoms with Crippen molar-refractivity contribution in [2.75, 3.05) is 30.9 Å².